The fourth-order valence-corrected chi connectivity index (χ4v) is 6.86. The first-order valence-electron chi connectivity index (χ1n) is 16.8. The van der Waals surface area contributed by atoms with E-state index in [1.165, 1.54) is 35.1 Å². The molecule has 0 aromatic heterocycles. The van der Waals surface area contributed by atoms with Gasteiger partial charge in [-0.2, -0.15) is 0 Å². The van der Waals surface area contributed by atoms with Crippen LogP contribution in [0.25, 0.3) is 0 Å². The van der Waals surface area contributed by atoms with Crippen molar-refractivity contribution in [3.8, 4) is 11.5 Å². The molecule has 1 heterocycles. The van der Waals surface area contributed by atoms with E-state index in [1.807, 2.05) is 0 Å². The van der Waals surface area contributed by atoms with Gasteiger partial charge in [-0.3, -0.25) is 9.98 Å². The molecule has 2 atom stereocenters. The maximum atomic E-state index is 7.16. The van der Waals surface area contributed by atoms with Crippen molar-refractivity contribution < 1.29 is 9.47 Å². The van der Waals surface area contributed by atoms with Gasteiger partial charge in [-0.25, -0.2) is 0 Å². The molecule has 4 rings (SSSR count). The molecular weight excluding hydrogens is 540 g/mol. The smallest absolute Gasteiger partial charge is 0.132 e. The molecule has 0 saturated heterocycles. The average Bonchev–Trinajstić information content (AvgIpc) is 2.85. The van der Waals surface area contributed by atoms with E-state index in [1.54, 1.807) is 0 Å². The molecule has 44 heavy (non-hydrogen) atoms. The van der Waals surface area contributed by atoms with Crippen molar-refractivity contribution in [3.63, 3.8) is 0 Å². The number of hydrogen-bond acceptors (Lipinski definition) is 4. The minimum atomic E-state index is -0.510. The summed E-state index contributed by atoms with van der Waals surface area (Å²) in [6.45, 7) is 31.4. The van der Waals surface area contributed by atoms with E-state index in [0.29, 0.717) is 6.42 Å². The van der Waals surface area contributed by atoms with Gasteiger partial charge in [0.25, 0.3) is 0 Å². The molecular formula is C40H60N2O2. The summed E-state index contributed by atoms with van der Waals surface area (Å²) >= 11 is 0. The fraction of sp³-hybridized carbons (Fsp3) is 0.650. The monoisotopic (exact) mass is 600 g/mol. The average molecular weight is 601 g/mol. The third-order valence-corrected chi connectivity index (χ3v) is 8.97. The maximum absolute atomic E-state index is 7.16. The molecule has 4 nitrogen and oxygen atoms in total. The van der Waals surface area contributed by atoms with Crippen LogP contribution in [0, 0.1) is 6.92 Å². The molecule has 2 aromatic carbocycles. The lowest BCUT2D eigenvalue weighted by Crippen LogP contribution is -2.42. The van der Waals surface area contributed by atoms with E-state index in [2.05, 4.69) is 134 Å². The van der Waals surface area contributed by atoms with Gasteiger partial charge in [-0.15, -0.1) is 0 Å². The van der Waals surface area contributed by atoms with Crippen molar-refractivity contribution in [1.29, 1.82) is 0 Å². The molecule has 2 aliphatic rings. The van der Waals surface area contributed by atoms with Crippen molar-refractivity contribution in [3.05, 3.63) is 57.6 Å². The first-order valence-corrected chi connectivity index (χ1v) is 16.8. The third-order valence-electron chi connectivity index (χ3n) is 8.97. The summed E-state index contributed by atoms with van der Waals surface area (Å²) in [4.78, 5) is 10.6. The number of fused-ring (bicyclic) bond motifs is 3. The highest BCUT2D eigenvalue weighted by atomic mass is 16.5. The molecule has 1 fully saturated rings. The number of aryl methyl sites for hydroxylation is 1. The van der Waals surface area contributed by atoms with Crippen molar-refractivity contribution in [2.75, 3.05) is 0 Å². The van der Waals surface area contributed by atoms with Crippen molar-refractivity contribution in [1.82, 2.24) is 0 Å². The molecule has 1 aliphatic heterocycles. The Hall–Kier alpha value is -2.62. The molecule has 1 saturated carbocycles. The Labute approximate surface area is 269 Å². The van der Waals surface area contributed by atoms with Gasteiger partial charge in [0.2, 0.25) is 0 Å². The van der Waals surface area contributed by atoms with Crippen LogP contribution in [0.15, 0.2) is 34.3 Å². The normalized spacial score (nSPS) is 23.9. The van der Waals surface area contributed by atoms with Gasteiger partial charge in [-0.05, 0) is 87.0 Å². The number of nitrogens with zero attached hydrogens (tertiary/aromatic N) is 2. The molecule has 242 valence electrons. The number of benzene rings is 2. The van der Waals surface area contributed by atoms with E-state index in [-0.39, 0.29) is 28.3 Å². The van der Waals surface area contributed by atoms with Crippen LogP contribution in [0.5, 0.6) is 11.5 Å². The first-order chi connectivity index (χ1) is 20.1. The second-order valence-corrected chi connectivity index (χ2v) is 17.8. The third kappa shape index (κ3) is 8.15. The second-order valence-electron chi connectivity index (χ2n) is 17.8. The van der Waals surface area contributed by atoms with Crippen molar-refractivity contribution in [2.45, 2.75) is 169 Å². The van der Waals surface area contributed by atoms with Gasteiger partial charge < -0.3 is 9.47 Å². The Kier molecular flexibility index (Phi) is 9.31. The van der Waals surface area contributed by atoms with E-state index in [0.717, 1.165) is 35.5 Å². The van der Waals surface area contributed by atoms with Gasteiger partial charge in [0.1, 0.15) is 22.7 Å². The topological polar surface area (TPSA) is 43.2 Å². The summed E-state index contributed by atoms with van der Waals surface area (Å²) < 4.78 is 14.2. The molecule has 0 spiro atoms. The van der Waals surface area contributed by atoms with Gasteiger partial charge in [0.15, 0.2) is 0 Å². The predicted octanol–water partition coefficient (Wildman–Crippen LogP) is 10.5. The second kappa shape index (κ2) is 12.0. The number of rotatable bonds is 0. The minimum absolute atomic E-state index is 0.00242. The summed E-state index contributed by atoms with van der Waals surface area (Å²) in [5, 5.41) is 0. The van der Waals surface area contributed by atoms with E-state index in [9.17, 15) is 0 Å². The van der Waals surface area contributed by atoms with Crippen molar-refractivity contribution >= 4 is 12.4 Å². The Morgan fingerprint density at radius 1 is 0.614 bits per heavy atom. The van der Waals surface area contributed by atoms with E-state index < -0.39 is 11.2 Å². The lowest BCUT2D eigenvalue weighted by atomic mass is 9.78. The standard InChI is InChI=1S/C40H60N2O2/c1-26-19-27-23-41-32-17-15-16-18-33(32)42-24-28-21-29(36(2,3)4)22-31(38(8,9)10)35(28)44-40(13,14)25-39(11,12)43-34(27)30(20-26)37(5,6)7/h19-24,32-33H,15-18,25H2,1-14H3/b41-23+,42-24+. The van der Waals surface area contributed by atoms with Gasteiger partial charge >= 0.3 is 0 Å². The Bertz CT molecular complexity index is 1410. The Balaban J connectivity index is 1.97. The lowest BCUT2D eigenvalue weighted by Gasteiger charge is -2.39. The van der Waals surface area contributed by atoms with Crippen LogP contribution in [0.1, 0.15) is 155 Å². The van der Waals surface area contributed by atoms with Gasteiger partial charge in [0.05, 0.1) is 12.1 Å². The Morgan fingerprint density at radius 3 is 1.48 bits per heavy atom. The quantitative estimate of drug-likeness (QED) is 0.302. The minimum Gasteiger partial charge on any atom is -0.487 e. The molecule has 0 N–H and O–H groups in total. The zero-order valence-corrected chi connectivity index (χ0v) is 30.4. The SMILES string of the molecule is Cc1cc2c(c(C(C)(C)C)c1)OC(C)(C)CC(C)(C)Oc1c(cc(C(C)(C)C)cc1C(C)(C)C)/C=N/C1CCCCC1/N=C/2. The molecule has 2 unspecified atom stereocenters. The molecule has 0 amide bonds. The van der Waals surface area contributed by atoms with Crippen LogP contribution in [0.4, 0.5) is 0 Å². The van der Waals surface area contributed by atoms with E-state index >= 15 is 0 Å². The van der Waals surface area contributed by atoms with Gasteiger partial charge in [0, 0.05) is 41.1 Å². The number of hydrogen-bond donors (Lipinski definition) is 0. The fourth-order valence-electron chi connectivity index (χ4n) is 6.86. The van der Waals surface area contributed by atoms with Crippen LogP contribution in [-0.2, 0) is 16.2 Å². The summed E-state index contributed by atoms with van der Waals surface area (Å²) in [6.07, 6.45) is 9.33. The van der Waals surface area contributed by atoms with Crippen LogP contribution >= 0.6 is 0 Å². The van der Waals surface area contributed by atoms with Gasteiger partial charge in [-0.1, -0.05) is 87.3 Å². The first kappa shape index (κ1) is 34.3. The summed E-state index contributed by atoms with van der Waals surface area (Å²) in [5.74, 6) is 1.87. The van der Waals surface area contributed by atoms with E-state index in [4.69, 9.17) is 19.5 Å². The number of aliphatic imine (C=N–C) groups is 2. The lowest BCUT2D eigenvalue weighted by molar-refractivity contribution is 0.00320. The Morgan fingerprint density at radius 2 is 1.05 bits per heavy atom. The molecule has 0 bridgehead atoms. The van der Waals surface area contributed by atoms with Crippen LogP contribution < -0.4 is 9.47 Å². The largest absolute Gasteiger partial charge is 0.487 e. The summed E-state index contributed by atoms with van der Waals surface area (Å²) in [6, 6.07) is 9.45. The zero-order chi connectivity index (χ0) is 32.9. The molecule has 4 heteroatoms. The summed E-state index contributed by atoms with van der Waals surface area (Å²) in [5.41, 5.74) is 5.86. The highest BCUT2D eigenvalue weighted by molar-refractivity contribution is 5.86. The van der Waals surface area contributed by atoms with Crippen LogP contribution in [0.3, 0.4) is 0 Å². The number of ether oxygens (including phenoxy) is 2. The summed E-state index contributed by atoms with van der Waals surface area (Å²) in [7, 11) is 0. The van der Waals surface area contributed by atoms with Crippen molar-refractivity contribution in [2.24, 2.45) is 9.98 Å². The maximum Gasteiger partial charge on any atom is 0.132 e. The van der Waals surface area contributed by atoms with Crippen LogP contribution in [0.2, 0.25) is 0 Å². The predicted molar refractivity (Wildman–Crippen MR) is 189 cm³/mol. The van der Waals surface area contributed by atoms with Crippen LogP contribution in [-0.4, -0.2) is 35.7 Å². The molecule has 1 aliphatic carbocycles. The molecule has 2 aromatic rings. The molecule has 0 radical (unpaired) electrons. The highest BCUT2D eigenvalue weighted by Gasteiger charge is 2.37. The zero-order valence-electron chi connectivity index (χ0n) is 30.4. The highest BCUT2D eigenvalue weighted by Crippen LogP contribution is 2.43.